The van der Waals surface area contributed by atoms with Gasteiger partial charge < -0.3 is 4.90 Å². The first kappa shape index (κ1) is 17.5. The number of imide groups is 1. The van der Waals surface area contributed by atoms with E-state index in [1.807, 2.05) is 35.2 Å². The standard InChI is InChI=1S/C22H22N2O3/c1-15-7-5-6-12-23(15)20(25)17-10-11-18-19(13-17)22(27)24(21(18)26)14-16-8-3-2-4-9-16/h2-4,8-11,13,15H,5-7,12,14H2,1H3. The van der Waals surface area contributed by atoms with Gasteiger partial charge in [-0.15, -0.1) is 0 Å². The van der Waals surface area contributed by atoms with Gasteiger partial charge in [-0.2, -0.15) is 0 Å². The molecule has 0 saturated carbocycles. The first-order chi connectivity index (χ1) is 13.1. The second-order valence-corrected chi connectivity index (χ2v) is 7.29. The first-order valence-electron chi connectivity index (χ1n) is 9.41. The van der Waals surface area contributed by atoms with Crippen molar-refractivity contribution < 1.29 is 14.4 Å². The third-order valence-corrected chi connectivity index (χ3v) is 5.46. The molecule has 138 valence electrons. The number of amides is 3. The van der Waals surface area contributed by atoms with Gasteiger partial charge >= 0.3 is 0 Å². The molecule has 2 aliphatic heterocycles. The van der Waals surface area contributed by atoms with Gasteiger partial charge in [-0.1, -0.05) is 30.3 Å². The number of carbonyl (C=O) groups excluding carboxylic acids is 3. The fourth-order valence-corrected chi connectivity index (χ4v) is 3.90. The van der Waals surface area contributed by atoms with E-state index < -0.39 is 0 Å². The van der Waals surface area contributed by atoms with Crippen molar-refractivity contribution in [3.05, 3.63) is 70.8 Å². The zero-order valence-electron chi connectivity index (χ0n) is 15.4. The summed E-state index contributed by atoms with van der Waals surface area (Å²) in [5, 5.41) is 0. The predicted molar refractivity (Wildman–Crippen MR) is 101 cm³/mol. The number of hydrogen-bond acceptors (Lipinski definition) is 3. The number of rotatable bonds is 3. The van der Waals surface area contributed by atoms with Gasteiger partial charge in [0.25, 0.3) is 17.7 Å². The van der Waals surface area contributed by atoms with Crippen LogP contribution < -0.4 is 0 Å². The summed E-state index contributed by atoms with van der Waals surface area (Å²) < 4.78 is 0. The molecule has 2 aromatic rings. The molecule has 0 radical (unpaired) electrons. The van der Waals surface area contributed by atoms with Crippen LogP contribution in [0.1, 0.15) is 62.8 Å². The van der Waals surface area contributed by atoms with Gasteiger partial charge in [0.2, 0.25) is 0 Å². The second kappa shape index (κ2) is 6.99. The van der Waals surface area contributed by atoms with Gasteiger partial charge in [0, 0.05) is 18.2 Å². The molecule has 3 amide bonds. The van der Waals surface area contributed by atoms with Crippen LogP contribution in [0.4, 0.5) is 0 Å². The molecule has 2 aliphatic rings. The maximum atomic E-state index is 12.9. The van der Waals surface area contributed by atoms with Gasteiger partial charge in [-0.3, -0.25) is 19.3 Å². The Morgan fingerprint density at radius 2 is 1.74 bits per heavy atom. The van der Waals surface area contributed by atoms with Crippen LogP contribution in [0.25, 0.3) is 0 Å². The Kier molecular flexibility index (Phi) is 4.52. The Labute approximate surface area is 158 Å². The lowest BCUT2D eigenvalue weighted by Gasteiger charge is -2.33. The van der Waals surface area contributed by atoms with E-state index in [0.717, 1.165) is 31.4 Å². The monoisotopic (exact) mass is 362 g/mol. The molecular formula is C22H22N2O3. The fourth-order valence-electron chi connectivity index (χ4n) is 3.90. The zero-order valence-corrected chi connectivity index (χ0v) is 15.4. The van der Waals surface area contributed by atoms with Gasteiger partial charge in [0.15, 0.2) is 0 Å². The number of fused-ring (bicyclic) bond motifs is 1. The minimum absolute atomic E-state index is 0.0632. The highest BCUT2D eigenvalue weighted by Crippen LogP contribution is 2.27. The lowest BCUT2D eigenvalue weighted by Crippen LogP contribution is -2.42. The van der Waals surface area contributed by atoms with Crippen molar-refractivity contribution in [1.82, 2.24) is 9.80 Å². The fraction of sp³-hybridized carbons (Fsp3) is 0.318. The zero-order chi connectivity index (χ0) is 19.0. The van der Waals surface area contributed by atoms with Crippen molar-refractivity contribution in [2.75, 3.05) is 6.54 Å². The molecule has 2 aromatic carbocycles. The predicted octanol–water partition coefficient (Wildman–Crippen LogP) is 3.50. The summed E-state index contributed by atoms with van der Waals surface area (Å²) in [6, 6.07) is 14.5. The van der Waals surface area contributed by atoms with E-state index in [0.29, 0.717) is 16.7 Å². The van der Waals surface area contributed by atoms with Crippen molar-refractivity contribution >= 4 is 17.7 Å². The van der Waals surface area contributed by atoms with Crippen LogP contribution in [0.3, 0.4) is 0 Å². The minimum atomic E-state index is -0.333. The topological polar surface area (TPSA) is 57.7 Å². The Morgan fingerprint density at radius 3 is 2.48 bits per heavy atom. The Bertz CT molecular complexity index is 907. The second-order valence-electron chi connectivity index (χ2n) is 7.29. The average molecular weight is 362 g/mol. The van der Waals surface area contributed by atoms with Crippen LogP contribution >= 0.6 is 0 Å². The number of hydrogen-bond donors (Lipinski definition) is 0. The van der Waals surface area contributed by atoms with Gasteiger partial charge in [-0.05, 0) is 49.9 Å². The van der Waals surface area contributed by atoms with Crippen molar-refractivity contribution in [3.63, 3.8) is 0 Å². The molecular weight excluding hydrogens is 340 g/mol. The number of carbonyl (C=O) groups is 3. The molecule has 0 spiro atoms. The van der Waals surface area contributed by atoms with Crippen LogP contribution in [-0.4, -0.2) is 40.1 Å². The van der Waals surface area contributed by atoms with E-state index in [1.54, 1.807) is 18.2 Å². The third kappa shape index (κ3) is 3.14. The van der Waals surface area contributed by atoms with Crippen LogP contribution in [-0.2, 0) is 6.54 Å². The van der Waals surface area contributed by atoms with E-state index in [1.165, 1.54) is 4.90 Å². The summed E-state index contributed by atoms with van der Waals surface area (Å²) in [5.74, 6) is -0.698. The largest absolute Gasteiger partial charge is 0.336 e. The summed E-state index contributed by atoms with van der Waals surface area (Å²) in [7, 11) is 0. The molecule has 0 aliphatic carbocycles. The summed E-state index contributed by atoms with van der Waals surface area (Å²) >= 11 is 0. The molecule has 0 bridgehead atoms. The van der Waals surface area contributed by atoms with E-state index in [4.69, 9.17) is 0 Å². The Hall–Kier alpha value is -2.95. The molecule has 0 N–H and O–H groups in total. The molecule has 0 aromatic heterocycles. The van der Waals surface area contributed by atoms with Crippen LogP contribution in [0.2, 0.25) is 0 Å². The molecule has 1 atom stereocenters. The van der Waals surface area contributed by atoms with Crippen molar-refractivity contribution in [2.45, 2.75) is 38.8 Å². The summed E-state index contributed by atoms with van der Waals surface area (Å²) in [6.07, 6.45) is 3.14. The molecule has 4 rings (SSSR count). The van der Waals surface area contributed by atoms with Crippen LogP contribution in [0.15, 0.2) is 48.5 Å². The number of nitrogens with zero attached hydrogens (tertiary/aromatic N) is 2. The van der Waals surface area contributed by atoms with Crippen molar-refractivity contribution in [2.24, 2.45) is 0 Å². The van der Waals surface area contributed by atoms with E-state index in [2.05, 4.69) is 6.92 Å². The molecule has 5 heteroatoms. The van der Waals surface area contributed by atoms with Crippen molar-refractivity contribution in [3.8, 4) is 0 Å². The van der Waals surface area contributed by atoms with E-state index in [9.17, 15) is 14.4 Å². The SMILES string of the molecule is CC1CCCCN1C(=O)c1ccc2c(c1)C(=O)N(Cc1ccccc1)C2=O. The van der Waals surface area contributed by atoms with E-state index in [-0.39, 0.29) is 30.3 Å². The lowest BCUT2D eigenvalue weighted by atomic mass is 10.0. The quantitative estimate of drug-likeness (QED) is 0.785. The highest BCUT2D eigenvalue weighted by Gasteiger charge is 2.36. The van der Waals surface area contributed by atoms with E-state index >= 15 is 0 Å². The summed E-state index contributed by atoms with van der Waals surface area (Å²) in [5.41, 5.74) is 2.07. The molecule has 2 heterocycles. The molecule has 27 heavy (non-hydrogen) atoms. The van der Waals surface area contributed by atoms with Gasteiger partial charge in [-0.25, -0.2) is 0 Å². The summed E-state index contributed by atoms with van der Waals surface area (Å²) in [4.78, 5) is 41.5. The molecule has 1 fully saturated rings. The summed E-state index contributed by atoms with van der Waals surface area (Å²) in [6.45, 7) is 3.03. The first-order valence-corrected chi connectivity index (χ1v) is 9.41. The molecule has 1 unspecified atom stereocenters. The normalized spacial score (nSPS) is 19.4. The van der Waals surface area contributed by atoms with Crippen LogP contribution in [0.5, 0.6) is 0 Å². The third-order valence-electron chi connectivity index (χ3n) is 5.46. The van der Waals surface area contributed by atoms with Crippen LogP contribution in [0, 0.1) is 0 Å². The average Bonchev–Trinajstić information content (AvgIpc) is 2.93. The number of likely N-dealkylation sites (tertiary alicyclic amines) is 1. The smallest absolute Gasteiger partial charge is 0.261 e. The van der Waals surface area contributed by atoms with Gasteiger partial charge in [0.05, 0.1) is 17.7 Å². The number of benzene rings is 2. The Balaban J connectivity index is 1.59. The number of piperidine rings is 1. The maximum Gasteiger partial charge on any atom is 0.261 e. The molecule has 1 saturated heterocycles. The highest BCUT2D eigenvalue weighted by molar-refractivity contribution is 6.22. The van der Waals surface area contributed by atoms with Crippen molar-refractivity contribution in [1.29, 1.82) is 0 Å². The minimum Gasteiger partial charge on any atom is -0.336 e. The lowest BCUT2D eigenvalue weighted by molar-refractivity contribution is 0.0631. The Morgan fingerprint density at radius 1 is 1.00 bits per heavy atom. The van der Waals surface area contributed by atoms with Gasteiger partial charge in [0.1, 0.15) is 0 Å². The highest BCUT2D eigenvalue weighted by atomic mass is 16.2. The molecule has 5 nitrogen and oxygen atoms in total. The maximum absolute atomic E-state index is 12.9.